The van der Waals surface area contributed by atoms with Gasteiger partial charge in [-0.1, -0.05) is 23.4 Å². The zero-order valence-corrected chi connectivity index (χ0v) is 13.9. The minimum absolute atomic E-state index is 0.213. The van der Waals surface area contributed by atoms with E-state index in [0.29, 0.717) is 36.8 Å². The van der Waals surface area contributed by atoms with Crippen molar-refractivity contribution >= 4 is 0 Å². The third-order valence-corrected chi connectivity index (χ3v) is 4.58. The van der Waals surface area contributed by atoms with E-state index in [1.807, 2.05) is 17.0 Å². The maximum Gasteiger partial charge on any atom is 0.244 e. The molecule has 2 aromatic carbocycles. The first kappa shape index (κ1) is 16.7. The average molecular weight is 355 g/mol. The topological polar surface area (TPSA) is 82.6 Å². The number of rotatable bonds is 4. The normalized spacial score (nSPS) is 20.5. The van der Waals surface area contributed by atoms with Gasteiger partial charge in [-0.25, -0.2) is 4.39 Å². The van der Waals surface area contributed by atoms with Crippen LogP contribution in [0.4, 0.5) is 4.39 Å². The smallest absolute Gasteiger partial charge is 0.244 e. The number of hydrogen-bond donors (Lipinski definition) is 2. The summed E-state index contributed by atoms with van der Waals surface area (Å²) < 4.78 is 18.5. The lowest BCUT2D eigenvalue weighted by Crippen LogP contribution is -2.24. The number of aliphatic hydroxyl groups excluding tert-OH is 1. The quantitative estimate of drug-likeness (QED) is 0.749. The Morgan fingerprint density at radius 3 is 2.69 bits per heavy atom. The zero-order chi connectivity index (χ0) is 18.1. The van der Waals surface area contributed by atoms with Gasteiger partial charge in [-0.15, -0.1) is 0 Å². The number of β-amino-alcohol motifs (C(OH)–C–C–N with tert-alkyl or cyclic N) is 1. The fourth-order valence-electron chi connectivity index (χ4n) is 3.26. The Bertz CT molecular complexity index is 897. The molecule has 6 nitrogen and oxygen atoms in total. The van der Waals surface area contributed by atoms with Gasteiger partial charge in [0, 0.05) is 24.2 Å². The zero-order valence-electron chi connectivity index (χ0n) is 13.9. The van der Waals surface area contributed by atoms with Crippen molar-refractivity contribution in [2.75, 3.05) is 6.54 Å². The number of phenolic OH excluding ortho intramolecular Hbond substituents is 1. The first-order valence-electron chi connectivity index (χ1n) is 8.38. The molecule has 0 aliphatic carbocycles. The van der Waals surface area contributed by atoms with Crippen molar-refractivity contribution in [2.24, 2.45) is 0 Å². The van der Waals surface area contributed by atoms with Crippen LogP contribution in [0.15, 0.2) is 53.1 Å². The molecule has 2 heterocycles. The molecule has 0 amide bonds. The maximum atomic E-state index is 13.1. The summed E-state index contributed by atoms with van der Waals surface area (Å²) in [6.45, 7) is 0.913. The summed E-state index contributed by atoms with van der Waals surface area (Å²) in [5.74, 6) is 0.663. The number of aliphatic hydroxyl groups is 1. The summed E-state index contributed by atoms with van der Waals surface area (Å²) in [4.78, 5) is 6.43. The summed E-state index contributed by atoms with van der Waals surface area (Å²) in [6, 6.07) is 12.7. The lowest BCUT2D eigenvalue weighted by molar-refractivity contribution is 0.168. The van der Waals surface area contributed by atoms with Crippen LogP contribution >= 0.6 is 0 Å². The van der Waals surface area contributed by atoms with E-state index >= 15 is 0 Å². The Labute approximate surface area is 149 Å². The highest BCUT2D eigenvalue weighted by molar-refractivity contribution is 5.53. The molecule has 0 saturated carbocycles. The van der Waals surface area contributed by atoms with Gasteiger partial charge in [0.25, 0.3) is 0 Å². The van der Waals surface area contributed by atoms with Gasteiger partial charge in [0.15, 0.2) is 0 Å². The number of nitrogens with zero attached hydrogens (tertiary/aromatic N) is 3. The fraction of sp³-hybridized carbons (Fsp3) is 0.263. The molecule has 1 aromatic heterocycles. The number of halogens is 1. The Kier molecular flexibility index (Phi) is 4.40. The molecule has 0 spiro atoms. The van der Waals surface area contributed by atoms with Crippen LogP contribution < -0.4 is 0 Å². The van der Waals surface area contributed by atoms with Crippen molar-refractivity contribution in [3.05, 3.63) is 65.8 Å². The summed E-state index contributed by atoms with van der Waals surface area (Å²) in [7, 11) is 0. The first-order chi connectivity index (χ1) is 12.6. The Balaban J connectivity index is 1.57. The van der Waals surface area contributed by atoms with Crippen molar-refractivity contribution in [1.29, 1.82) is 0 Å². The van der Waals surface area contributed by atoms with Gasteiger partial charge in [-0.3, -0.25) is 4.90 Å². The Hall–Kier alpha value is -2.77. The number of likely N-dealkylation sites (tertiary alicyclic amines) is 1. The molecule has 26 heavy (non-hydrogen) atoms. The van der Waals surface area contributed by atoms with E-state index in [9.17, 15) is 14.6 Å². The molecule has 2 N–H and O–H groups in total. The largest absolute Gasteiger partial charge is 0.508 e. The minimum atomic E-state index is -0.507. The standard InChI is InChI=1S/C19H18FN3O3/c20-14-7-5-12(6-8-14)18-21-19(26-22-18)16-9-15(24)11-23(16)10-13-3-1-2-4-17(13)25/h1-8,15-16,24-25H,9-11H2. The fourth-order valence-corrected chi connectivity index (χ4v) is 3.26. The third kappa shape index (κ3) is 3.31. The highest BCUT2D eigenvalue weighted by Crippen LogP contribution is 2.34. The van der Waals surface area contributed by atoms with E-state index in [0.717, 1.165) is 5.56 Å². The number of benzene rings is 2. The van der Waals surface area contributed by atoms with Gasteiger partial charge >= 0.3 is 0 Å². The second-order valence-electron chi connectivity index (χ2n) is 6.43. The molecule has 1 aliphatic rings. The first-order valence-corrected chi connectivity index (χ1v) is 8.38. The van der Waals surface area contributed by atoms with Crippen molar-refractivity contribution < 1.29 is 19.1 Å². The Morgan fingerprint density at radius 1 is 1.15 bits per heavy atom. The van der Waals surface area contributed by atoms with Crippen molar-refractivity contribution in [3.63, 3.8) is 0 Å². The van der Waals surface area contributed by atoms with Crippen LogP contribution in [0.3, 0.4) is 0 Å². The summed E-state index contributed by atoms with van der Waals surface area (Å²) in [6.07, 6.45) is -0.0365. The van der Waals surface area contributed by atoms with Gasteiger partial charge in [0.1, 0.15) is 11.6 Å². The van der Waals surface area contributed by atoms with Crippen LogP contribution in [0.2, 0.25) is 0 Å². The van der Waals surface area contributed by atoms with Crippen LogP contribution in [0.25, 0.3) is 11.4 Å². The molecule has 3 aromatic rings. The molecule has 7 heteroatoms. The molecule has 4 rings (SSSR count). The molecular formula is C19H18FN3O3. The molecule has 1 fully saturated rings. The molecule has 134 valence electrons. The molecule has 1 aliphatic heterocycles. The van der Waals surface area contributed by atoms with E-state index in [1.54, 1.807) is 24.3 Å². The average Bonchev–Trinajstić information content (AvgIpc) is 3.24. The third-order valence-electron chi connectivity index (χ3n) is 4.58. The molecule has 2 unspecified atom stereocenters. The molecule has 0 radical (unpaired) electrons. The van der Waals surface area contributed by atoms with Crippen LogP contribution in [-0.4, -0.2) is 37.9 Å². The predicted octanol–water partition coefficient (Wildman–Crippen LogP) is 2.89. The van der Waals surface area contributed by atoms with Crippen molar-refractivity contribution in [2.45, 2.75) is 25.1 Å². The number of aromatic nitrogens is 2. The summed E-state index contributed by atoms with van der Waals surface area (Å²) in [5, 5.41) is 24.1. The van der Waals surface area contributed by atoms with Gasteiger partial charge in [-0.05, 0) is 36.8 Å². The second kappa shape index (κ2) is 6.86. The lowest BCUT2D eigenvalue weighted by Gasteiger charge is -2.21. The van der Waals surface area contributed by atoms with E-state index in [1.165, 1.54) is 12.1 Å². The van der Waals surface area contributed by atoms with E-state index in [-0.39, 0.29) is 17.6 Å². The molecule has 0 bridgehead atoms. The van der Waals surface area contributed by atoms with E-state index in [2.05, 4.69) is 10.1 Å². The summed E-state index contributed by atoms with van der Waals surface area (Å²) >= 11 is 0. The maximum absolute atomic E-state index is 13.1. The lowest BCUT2D eigenvalue weighted by atomic mass is 10.1. The van der Waals surface area contributed by atoms with E-state index < -0.39 is 6.10 Å². The van der Waals surface area contributed by atoms with Crippen molar-refractivity contribution in [3.8, 4) is 17.1 Å². The van der Waals surface area contributed by atoms with Gasteiger partial charge in [0.05, 0.1) is 12.1 Å². The van der Waals surface area contributed by atoms with Gasteiger partial charge < -0.3 is 14.7 Å². The molecular weight excluding hydrogens is 337 g/mol. The van der Waals surface area contributed by atoms with Crippen LogP contribution in [0, 0.1) is 5.82 Å². The minimum Gasteiger partial charge on any atom is -0.508 e. The highest BCUT2D eigenvalue weighted by atomic mass is 19.1. The van der Waals surface area contributed by atoms with Crippen molar-refractivity contribution in [1.82, 2.24) is 15.0 Å². The second-order valence-corrected chi connectivity index (χ2v) is 6.43. The predicted molar refractivity (Wildman–Crippen MR) is 91.6 cm³/mol. The monoisotopic (exact) mass is 355 g/mol. The van der Waals surface area contributed by atoms with Gasteiger partial charge in [-0.2, -0.15) is 4.98 Å². The summed E-state index contributed by atoms with van der Waals surface area (Å²) in [5.41, 5.74) is 1.43. The number of phenols is 1. The molecule has 2 atom stereocenters. The van der Waals surface area contributed by atoms with Crippen LogP contribution in [0.5, 0.6) is 5.75 Å². The highest BCUT2D eigenvalue weighted by Gasteiger charge is 2.36. The van der Waals surface area contributed by atoms with Gasteiger partial charge in [0.2, 0.25) is 11.7 Å². The van der Waals surface area contributed by atoms with Crippen LogP contribution in [-0.2, 0) is 6.54 Å². The van der Waals surface area contributed by atoms with E-state index in [4.69, 9.17) is 4.52 Å². The number of hydrogen-bond acceptors (Lipinski definition) is 6. The SMILES string of the molecule is Oc1ccccc1CN1CC(O)CC1c1nc(-c2ccc(F)cc2)no1. The Morgan fingerprint density at radius 2 is 1.92 bits per heavy atom. The number of para-hydroxylation sites is 1. The number of aromatic hydroxyl groups is 1. The molecule has 1 saturated heterocycles. The van der Waals surface area contributed by atoms with Crippen LogP contribution in [0.1, 0.15) is 23.9 Å².